The lowest BCUT2D eigenvalue weighted by molar-refractivity contribution is -0.109. The van der Waals surface area contributed by atoms with Crippen LogP contribution in [0.1, 0.15) is 32.4 Å². The monoisotopic (exact) mass is 300 g/mol. The highest BCUT2D eigenvalue weighted by Crippen LogP contribution is 2.24. The van der Waals surface area contributed by atoms with E-state index in [1.54, 1.807) is 26.8 Å². The molecule has 20 heavy (non-hydrogen) atoms. The number of amides is 1. The van der Waals surface area contributed by atoms with Crippen LogP contribution in [0.25, 0.3) is 0 Å². The predicted octanol–water partition coefficient (Wildman–Crippen LogP) is 2.51. The molecule has 1 amide bonds. The Bertz CT molecular complexity index is 500. The van der Waals surface area contributed by atoms with Crippen molar-refractivity contribution in [1.29, 1.82) is 0 Å². The number of carbonyl (C=O) groups excluding carboxylic acids is 2. The van der Waals surface area contributed by atoms with Crippen molar-refractivity contribution >= 4 is 24.0 Å². The third kappa shape index (κ3) is 4.70. The molecule has 1 aromatic heterocycles. The molecule has 0 aliphatic carbocycles. The number of alkyl carbamates (subject to hydrolysis) is 1. The molecule has 0 saturated carbocycles. The second-order valence-electron chi connectivity index (χ2n) is 4.99. The Morgan fingerprint density at radius 2 is 2.10 bits per heavy atom. The maximum atomic E-state index is 11.7. The summed E-state index contributed by atoms with van der Waals surface area (Å²) in [6, 6.07) is 2.14. The van der Waals surface area contributed by atoms with Gasteiger partial charge in [-0.2, -0.15) is 0 Å². The lowest BCUT2D eigenvalue weighted by Gasteiger charge is -2.22. The first-order chi connectivity index (χ1) is 9.26. The van der Waals surface area contributed by atoms with Gasteiger partial charge in [-0.05, 0) is 32.9 Å². The van der Waals surface area contributed by atoms with Gasteiger partial charge in [0.2, 0.25) is 5.88 Å². The Balaban J connectivity index is 2.91. The van der Waals surface area contributed by atoms with Crippen molar-refractivity contribution in [3.8, 4) is 5.88 Å². The Kier molecular flexibility index (Phi) is 5.33. The summed E-state index contributed by atoms with van der Waals surface area (Å²) in [6.07, 6.45) is -0.135. The highest BCUT2D eigenvalue weighted by atomic mass is 35.5. The number of rotatable bonds is 4. The zero-order valence-corrected chi connectivity index (χ0v) is 12.5. The SMILES string of the molecule is COc1nc(Cl)ccc1C(C=O)NC(=O)OC(C)(C)C. The summed E-state index contributed by atoms with van der Waals surface area (Å²) in [5.74, 6) is 0.172. The first kappa shape index (κ1) is 16.2. The number of methoxy groups -OCH3 is 1. The molecule has 0 fully saturated rings. The number of ether oxygens (including phenoxy) is 2. The number of aldehydes is 1. The molecule has 0 aliphatic heterocycles. The highest BCUT2D eigenvalue weighted by molar-refractivity contribution is 6.29. The van der Waals surface area contributed by atoms with Crippen LogP contribution in [0.3, 0.4) is 0 Å². The molecule has 0 aliphatic rings. The lowest BCUT2D eigenvalue weighted by atomic mass is 10.1. The van der Waals surface area contributed by atoms with Gasteiger partial charge < -0.3 is 19.6 Å². The smallest absolute Gasteiger partial charge is 0.408 e. The fraction of sp³-hybridized carbons (Fsp3) is 0.462. The first-order valence-electron chi connectivity index (χ1n) is 5.92. The molecule has 0 saturated heterocycles. The van der Waals surface area contributed by atoms with Crippen molar-refractivity contribution in [3.05, 3.63) is 22.8 Å². The van der Waals surface area contributed by atoms with Gasteiger partial charge in [0.25, 0.3) is 0 Å². The molecule has 0 radical (unpaired) electrons. The average molecular weight is 301 g/mol. The van der Waals surface area contributed by atoms with Crippen molar-refractivity contribution in [2.45, 2.75) is 32.4 Å². The number of nitrogens with zero attached hydrogens (tertiary/aromatic N) is 1. The van der Waals surface area contributed by atoms with Crippen LogP contribution < -0.4 is 10.1 Å². The maximum absolute atomic E-state index is 11.7. The molecular formula is C13H17ClN2O4. The van der Waals surface area contributed by atoms with Gasteiger partial charge in [-0.1, -0.05) is 11.6 Å². The molecule has 110 valence electrons. The predicted molar refractivity (Wildman–Crippen MR) is 74.0 cm³/mol. The quantitative estimate of drug-likeness (QED) is 0.683. The molecule has 1 atom stereocenters. The number of nitrogens with one attached hydrogen (secondary N) is 1. The van der Waals surface area contributed by atoms with E-state index in [-0.39, 0.29) is 11.0 Å². The first-order valence-corrected chi connectivity index (χ1v) is 6.30. The van der Waals surface area contributed by atoms with Gasteiger partial charge in [-0.15, -0.1) is 0 Å². The molecular weight excluding hydrogens is 284 g/mol. The summed E-state index contributed by atoms with van der Waals surface area (Å²) in [5.41, 5.74) is -0.252. The number of hydrogen-bond donors (Lipinski definition) is 1. The summed E-state index contributed by atoms with van der Waals surface area (Å²) < 4.78 is 10.1. The van der Waals surface area contributed by atoms with E-state index >= 15 is 0 Å². The molecule has 0 bridgehead atoms. The van der Waals surface area contributed by atoms with Crippen LogP contribution in [-0.4, -0.2) is 30.1 Å². The molecule has 1 N–H and O–H groups in total. The fourth-order valence-corrected chi connectivity index (χ4v) is 1.59. The van der Waals surface area contributed by atoms with Crippen molar-refractivity contribution in [2.75, 3.05) is 7.11 Å². The van der Waals surface area contributed by atoms with Crippen molar-refractivity contribution in [3.63, 3.8) is 0 Å². The molecule has 1 heterocycles. The molecule has 1 aromatic rings. The van der Waals surface area contributed by atoms with E-state index in [4.69, 9.17) is 21.1 Å². The van der Waals surface area contributed by atoms with E-state index in [0.717, 1.165) is 0 Å². The minimum absolute atomic E-state index is 0.172. The largest absolute Gasteiger partial charge is 0.481 e. The maximum Gasteiger partial charge on any atom is 0.408 e. The summed E-state index contributed by atoms with van der Waals surface area (Å²) >= 11 is 5.74. The van der Waals surface area contributed by atoms with Crippen LogP contribution in [0.15, 0.2) is 12.1 Å². The van der Waals surface area contributed by atoms with Crippen LogP contribution in [0.5, 0.6) is 5.88 Å². The molecule has 6 nitrogen and oxygen atoms in total. The van der Waals surface area contributed by atoms with Crippen LogP contribution in [0.4, 0.5) is 4.79 Å². The average Bonchev–Trinajstić information content (AvgIpc) is 2.34. The minimum atomic E-state index is -0.926. The van der Waals surface area contributed by atoms with Crippen LogP contribution in [0, 0.1) is 0 Å². The Labute approximate surface area is 122 Å². The fourth-order valence-electron chi connectivity index (χ4n) is 1.45. The second kappa shape index (κ2) is 6.56. The van der Waals surface area contributed by atoms with Crippen molar-refractivity contribution in [1.82, 2.24) is 10.3 Å². The number of aromatic nitrogens is 1. The molecule has 1 rings (SSSR count). The summed E-state index contributed by atoms with van der Waals surface area (Å²) in [6.45, 7) is 5.19. The summed E-state index contributed by atoms with van der Waals surface area (Å²) in [5, 5.41) is 2.67. The molecule has 1 unspecified atom stereocenters. The van der Waals surface area contributed by atoms with Gasteiger partial charge in [-0.25, -0.2) is 9.78 Å². The number of hydrogen-bond acceptors (Lipinski definition) is 5. The van der Waals surface area contributed by atoms with Gasteiger partial charge >= 0.3 is 6.09 Å². The van der Waals surface area contributed by atoms with Crippen molar-refractivity contribution < 1.29 is 19.1 Å². The molecule has 0 spiro atoms. The molecule has 7 heteroatoms. The van der Waals surface area contributed by atoms with Gasteiger partial charge in [0.15, 0.2) is 0 Å². The van der Waals surface area contributed by atoms with Gasteiger partial charge in [0.1, 0.15) is 23.1 Å². The van der Waals surface area contributed by atoms with E-state index in [2.05, 4.69) is 10.3 Å². The Hall–Kier alpha value is -1.82. The lowest BCUT2D eigenvalue weighted by Crippen LogP contribution is -2.35. The molecule has 0 aromatic carbocycles. The Morgan fingerprint density at radius 3 is 2.60 bits per heavy atom. The standard InChI is InChI=1S/C13H17ClN2O4/c1-13(2,3)20-12(18)15-9(7-17)8-5-6-10(14)16-11(8)19-4/h5-7,9H,1-4H3,(H,15,18). The summed E-state index contributed by atoms with van der Waals surface area (Å²) in [7, 11) is 1.40. The highest BCUT2D eigenvalue weighted by Gasteiger charge is 2.23. The Morgan fingerprint density at radius 1 is 1.45 bits per heavy atom. The van der Waals surface area contributed by atoms with Gasteiger partial charge in [0, 0.05) is 5.56 Å². The number of halogens is 1. The third-order valence-corrected chi connectivity index (χ3v) is 2.40. The van der Waals surface area contributed by atoms with E-state index in [0.29, 0.717) is 11.8 Å². The summed E-state index contributed by atoms with van der Waals surface area (Å²) in [4.78, 5) is 26.8. The second-order valence-corrected chi connectivity index (χ2v) is 5.38. The normalized spacial score (nSPS) is 12.4. The van der Waals surface area contributed by atoms with E-state index in [1.807, 2.05) is 0 Å². The minimum Gasteiger partial charge on any atom is -0.481 e. The van der Waals surface area contributed by atoms with Crippen LogP contribution in [-0.2, 0) is 9.53 Å². The van der Waals surface area contributed by atoms with Crippen LogP contribution in [0.2, 0.25) is 5.15 Å². The number of carbonyl (C=O) groups is 2. The topological polar surface area (TPSA) is 77.5 Å². The third-order valence-electron chi connectivity index (χ3n) is 2.19. The van der Waals surface area contributed by atoms with E-state index in [9.17, 15) is 9.59 Å². The zero-order chi connectivity index (χ0) is 15.3. The van der Waals surface area contributed by atoms with Gasteiger partial charge in [0.05, 0.1) is 7.11 Å². The van der Waals surface area contributed by atoms with E-state index < -0.39 is 17.7 Å². The zero-order valence-electron chi connectivity index (χ0n) is 11.8. The van der Waals surface area contributed by atoms with Crippen LogP contribution >= 0.6 is 11.6 Å². The van der Waals surface area contributed by atoms with Gasteiger partial charge in [-0.3, -0.25) is 0 Å². The van der Waals surface area contributed by atoms with E-state index in [1.165, 1.54) is 13.2 Å². The number of pyridine rings is 1. The van der Waals surface area contributed by atoms with Crippen molar-refractivity contribution in [2.24, 2.45) is 0 Å².